The summed E-state index contributed by atoms with van der Waals surface area (Å²) in [6.07, 6.45) is 0. The topological polar surface area (TPSA) is 38.0 Å². The fraction of sp³-hybridized carbons (Fsp3) is 0. The van der Waals surface area contributed by atoms with Crippen LogP contribution in [-0.4, -0.2) is 0 Å². The van der Waals surface area contributed by atoms with Gasteiger partial charge in [0.25, 0.3) is 0 Å². The van der Waals surface area contributed by atoms with Crippen LogP contribution in [0.5, 0.6) is 0 Å². The summed E-state index contributed by atoms with van der Waals surface area (Å²) >= 11 is 11.3. The van der Waals surface area contributed by atoms with Gasteiger partial charge < -0.3 is 11.1 Å². The van der Waals surface area contributed by atoms with Crippen LogP contribution in [-0.2, 0) is 0 Å². The van der Waals surface area contributed by atoms with E-state index >= 15 is 0 Å². The zero-order chi connectivity index (χ0) is 13.3. The van der Waals surface area contributed by atoms with E-state index in [-0.39, 0.29) is 15.7 Å². The summed E-state index contributed by atoms with van der Waals surface area (Å²) in [5.41, 5.74) is 6.32. The van der Waals surface area contributed by atoms with Crippen LogP contribution in [0.4, 0.5) is 25.8 Å². The molecule has 0 aliphatic carbocycles. The second-order valence-corrected chi connectivity index (χ2v) is 4.43. The standard InChI is InChI=1S/C12H8Cl2F2N2/c13-8-4-7(5-9(14)12(8)16)18-11-2-1-6(17)3-10(11)15/h1-5,18H,17H2. The number of hydrogen-bond donors (Lipinski definition) is 2. The van der Waals surface area contributed by atoms with Crippen molar-refractivity contribution in [3.63, 3.8) is 0 Å². The molecule has 3 N–H and O–H groups in total. The molecule has 0 fully saturated rings. The molecular weight excluding hydrogens is 281 g/mol. The average molecular weight is 289 g/mol. The fourth-order valence-corrected chi connectivity index (χ4v) is 1.90. The number of anilines is 3. The van der Waals surface area contributed by atoms with Gasteiger partial charge in [0, 0.05) is 11.4 Å². The summed E-state index contributed by atoms with van der Waals surface area (Å²) in [5, 5.41) is 2.47. The third kappa shape index (κ3) is 2.66. The summed E-state index contributed by atoms with van der Waals surface area (Å²) in [7, 11) is 0. The van der Waals surface area contributed by atoms with Gasteiger partial charge >= 0.3 is 0 Å². The molecule has 2 nitrogen and oxygen atoms in total. The molecular formula is C12H8Cl2F2N2. The van der Waals surface area contributed by atoms with Crippen molar-refractivity contribution >= 4 is 40.3 Å². The van der Waals surface area contributed by atoms with Crippen LogP contribution in [0.25, 0.3) is 0 Å². The Morgan fingerprint density at radius 1 is 1.00 bits per heavy atom. The molecule has 2 rings (SSSR count). The number of halogens is 4. The van der Waals surface area contributed by atoms with Gasteiger partial charge in [0.05, 0.1) is 15.7 Å². The molecule has 0 saturated carbocycles. The Morgan fingerprint density at radius 3 is 2.17 bits per heavy atom. The summed E-state index contributed by atoms with van der Waals surface area (Å²) < 4.78 is 26.7. The monoisotopic (exact) mass is 288 g/mol. The van der Waals surface area contributed by atoms with Gasteiger partial charge in [-0.25, -0.2) is 8.78 Å². The number of benzene rings is 2. The summed E-state index contributed by atoms with van der Waals surface area (Å²) in [4.78, 5) is 0. The maximum absolute atomic E-state index is 13.5. The van der Waals surface area contributed by atoms with E-state index in [1.54, 1.807) is 0 Å². The van der Waals surface area contributed by atoms with Gasteiger partial charge in [0.2, 0.25) is 0 Å². The van der Waals surface area contributed by atoms with Gasteiger partial charge in [0.15, 0.2) is 5.82 Å². The summed E-state index contributed by atoms with van der Waals surface area (Å²) in [6, 6.07) is 6.82. The van der Waals surface area contributed by atoms with Crippen molar-refractivity contribution in [3.05, 3.63) is 52.0 Å². The van der Waals surface area contributed by atoms with Crippen LogP contribution in [0.3, 0.4) is 0 Å². The first-order chi connectivity index (χ1) is 8.47. The maximum atomic E-state index is 13.5. The quantitative estimate of drug-likeness (QED) is 0.626. The van der Waals surface area contributed by atoms with Crippen molar-refractivity contribution in [2.24, 2.45) is 0 Å². The highest BCUT2D eigenvalue weighted by Crippen LogP contribution is 2.30. The first-order valence-electron chi connectivity index (χ1n) is 4.94. The van der Waals surface area contributed by atoms with E-state index in [0.717, 1.165) is 0 Å². The Labute approximate surface area is 112 Å². The molecule has 0 aliphatic rings. The van der Waals surface area contributed by atoms with Crippen molar-refractivity contribution in [3.8, 4) is 0 Å². The van der Waals surface area contributed by atoms with E-state index in [1.165, 1.54) is 30.3 Å². The molecule has 6 heteroatoms. The lowest BCUT2D eigenvalue weighted by atomic mass is 10.2. The molecule has 0 aromatic heterocycles. The van der Waals surface area contributed by atoms with Gasteiger partial charge in [-0.3, -0.25) is 0 Å². The van der Waals surface area contributed by atoms with E-state index in [1.807, 2.05) is 0 Å². The Hall–Kier alpha value is -1.52. The lowest BCUT2D eigenvalue weighted by Crippen LogP contribution is -1.96. The molecule has 0 bridgehead atoms. The van der Waals surface area contributed by atoms with Gasteiger partial charge in [-0.05, 0) is 30.3 Å². The smallest absolute Gasteiger partial charge is 0.160 e. The lowest BCUT2D eigenvalue weighted by Gasteiger charge is -2.09. The molecule has 18 heavy (non-hydrogen) atoms. The average Bonchev–Trinajstić information content (AvgIpc) is 2.29. The second-order valence-electron chi connectivity index (χ2n) is 3.62. The van der Waals surface area contributed by atoms with E-state index in [4.69, 9.17) is 28.9 Å². The van der Waals surface area contributed by atoms with Crippen LogP contribution < -0.4 is 11.1 Å². The van der Waals surface area contributed by atoms with Crippen molar-refractivity contribution < 1.29 is 8.78 Å². The largest absolute Gasteiger partial charge is 0.399 e. The van der Waals surface area contributed by atoms with Crippen LogP contribution in [0.1, 0.15) is 0 Å². The van der Waals surface area contributed by atoms with E-state index in [2.05, 4.69) is 5.32 Å². The Kier molecular flexibility index (Phi) is 3.59. The van der Waals surface area contributed by atoms with Gasteiger partial charge in [0.1, 0.15) is 5.82 Å². The highest BCUT2D eigenvalue weighted by atomic mass is 35.5. The SMILES string of the molecule is Nc1ccc(Nc2cc(Cl)c(F)c(Cl)c2)c(F)c1. The normalized spacial score (nSPS) is 10.4. The van der Waals surface area contributed by atoms with Gasteiger partial charge in [-0.1, -0.05) is 23.2 Å². The number of nitrogens with one attached hydrogen (secondary N) is 1. The third-order valence-electron chi connectivity index (χ3n) is 2.26. The number of nitrogens with two attached hydrogens (primary N) is 1. The van der Waals surface area contributed by atoms with Crippen LogP contribution in [0.15, 0.2) is 30.3 Å². The molecule has 2 aromatic carbocycles. The molecule has 0 amide bonds. The molecule has 0 aliphatic heterocycles. The highest BCUT2D eigenvalue weighted by Gasteiger charge is 2.09. The zero-order valence-electron chi connectivity index (χ0n) is 8.98. The minimum absolute atomic E-state index is 0.138. The number of rotatable bonds is 2. The van der Waals surface area contributed by atoms with Crippen molar-refractivity contribution in [1.29, 1.82) is 0 Å². The first kappa shape index (κ1) is 12.9. The van der Waals surface area contributed by atoms with Gasteiger partial charge in [-0.15, -0.1) is 0 Å². The first-order valence-corrected chi connectivity index (χ1v) is 5.69. The van der Waals surface area contributed by atoms with E-state index in [9.17, 15) is 8.78 Å². The molecule has 0 atom stereocenters. The Balaban J connectivity index is 2.34. The Morgan fingerprint density at radius 2 is 1.61 bits per heavy atom. The highest BCUT2D eigenvalue weighted by molar-refractivity contribution is 6.35. The van der Waals surface area contributed by atoms with Crippen LogP contribution in [0.2, 0.25) is 10.0 Å². The molecule has 94 valence electrons. The fourth-order valence-electron chi connectivity index (χ4n) is 1.42. The zero-order valence-corrected chi connectivity index (χ0v) is 10.5. The van der Waals surface area contributed by atoms with E-state index in [0.29, 0.717) is 11.4 Å². The molecule has 0 saturated heterocycles. The van der Waals surface area contributed by atoms with Crippen LogP contribution >= 0.6 is 23.2 Å². The second kappa shape index (κ2) is 5.00. The number of nitrogen functional groups attached to an aromatic ring is 1. The Bertz CT molecular complexity index is 580. The summed E-state index contributed by atoms with van der Waals surface area (Å²) in [5.74, 6) is -1.23. The predicted octanol–water partition coefficient (Wildman–Crippen LogP) is 4.60. The van der Waals surface area contributed by atoms with Gasteiger partial charge in [-0.2, -0.15) is 0 Å². The molecule has 0 radical (unpaired) electrons. The molecule has 0 spiro atoms. The van der Waals surface area contributed by atoms with Crippen molar-refractivity contribution in [2.75, 3.05) is 11.1 Å². The minimum atomic E-state index is -0.707. The molecule has 0 unspecified atom stereocenters. The van der Waals surface area contributed by atoms with Crippen molar-refractivity contribution in [1.82, 2.24) is 0 Å². The van der Waals surface area contributed by atoms with Crippen LogP contribution in [0, 0.1) is 11.6 Å². The van der Waals surface area contributed by atoms with E-state index < -0.39 is 11.6 Å². The third-order valence-corrected chi connectivity index (χ3v) is 2.81. The summed E-state index contributed by atoms with van der Waals surface area (Å²) in [6.45, 7) is 0. The lowest BCUT2D eigenvalue weighted by molar-refractivity contribution is 0.628. The van der Waals surface area contributed by atoms with Crippen molar-refractivity contribution in [2.45, 2.75) is 0 Å². The molecule has 0 heterocycles. The predicted molar refractivity (Wildman–Crippen MR) is 70.5 cm³/mol. The number of hydrogen-bond acceptors (Lipinski definition) is 2. The maximum Gasteiger partial charge on any atom is 0.160 e. The minimum Gasteiger partial charge on any atom is -0.399 e. The molecule has 2 aromatic rings.